The van der Waals surface area contributed by atoms with Gasteiger partial charge in [0.25, 0.3) is 0 Å². The van der Waals surface area contributed by atoms with Crippen LogP contribution in [0.2, 0.25) is 0 Å². The van der Waals surface area contributed by atoms with Crippen molar-refractivity contribution in [2.75, 3.05) is 48.0 Å². The van der Waals surface area contributed by atoms with Crippen LogP contribution in [0.15, 0.2) is 42.7 Å². The highest BCUT2D eigenvalue weighted by molar-refractivity contribution is 5.93. The van der Waals surface area contributed by atoms with Gasteiger partial charge >= 0.3 is 0 Å². The van der Waals surface area contributed by atoms with Crippen LogP contribution in [-0.4, -0.2) is 73.9 Å². The standard InChI is InChI=1S/C28H33N9O2/c1-28(23(38)16-19-5-8-25(29-18-19)35-12-14-39-15-13-35)9-3-10-36(28)27-31-26(22-4-2-11-37(22)34-27)30-24-17-21(32-33-24)20-6-7-20/h2,4-5,8,11,17-18,20H,3,6-7,9-10,12-16H2,1H3,(H2,30,31,32,33,34)/t28-/m0/s1. The lowest BCUT2D eigenvalue weighted by atomic mass is 9.89. The first kappa shape index (κ1) is 24.1. The minimum Gasteiger partial charge on any atom is -0.378 e. The quantitative estimate of drug-likeness (QED) is 0.355. The number of fused-ring (bicyclic) bond motifs is 1. The van der Waals surface area contributed by atoms with Gasteiger partial charge in [0.2, 0.25) is 5.95 Å². The monoisotopic (exact) mass is 527 g/mol. The van der Waals surface area contributed by atoms with Crippen LogP contribution in [0, 0.1) is 0 Å². The van der Waals surface area contributed by atoms with Crippen LogP contribution in [0.25, 0.3) is 5.52 Å². The molecular weight excluding hydrogens is 494 g/mol. The topological polar surface area (TPSA) is 117 Å². The third-order valence-corrected chi connectivity index (χ3v) is 8.23. The van der Waals surface area contributed by atoms with E-state index < -0.39 is 5.54 Å². The smallest absolute Gasteiger partial charge is 0.246 e. The molecule has 2 saturated heterocycles. The maximum absolute atomic E-state index is 13.8. The molecule has 7 rings (SSSR count). The van der Waals surface area contributed by atoms with E-state index in [1.54, 1.807) is 0 Å². The molecule has 0 amide bonds. The number of Topliss-reactive ketones (excluding diaryl/α,β-unsaturated/α-hetero) is 1. The van der Waals surface area contributed by atoms with Gasteiger partial charge in [0.1, 0.15) is 11.3 Å². The van der Waals surface area contributed by atoms with Crippen molar-refractivity contribution in [2.24, 2.45) is 0 Å². The fourth-order valence-electron chi connectivity index (χ4n) is 5.71. The molecule has 2 N–H and O–H groups in total. The molecule has 2 aliphatic heterocycles. The molecule has 4 aromatic rings. The summed E-state index contributed by atoms with van der Waals surface area (Å²) in [7, 11) is 0. The number of rotatable bonds is 8. The van der Waals surface area contributed by atoms with E-state index in [4.69, 9.17) is 14.8 Å². The lowest BCUT2D eigenvalue weighted by molar-refractivity contribution is -0.122. The van der Waals surface area contributed by atoms with Crippen molar-refractivity contribution >= 4 is 34.7 Å². The molecule has 1 saturated carbocycles. The Balaban J connectivity index is 1.12. The second-order valence-corrected chi connectivity index (χ2v) is 11.0. The largest absolute Gasteiger partial charge is 0.378 e. The van der Waals surface area contributed by atoms with Gasteiger partial charge in [-0.05, 0) is 56.4 Å². The Morgan fingerprint density at radius 1 is 1.21 bits per heavy atom. The molecule has 11 nitrogen and oxygen atoms in total. The van der Waals surface area contributed by atoms with Crippen molar-refractivity contribution in [1.82, 2.24) is 29.8 Å². The highest BCUT2D eigenvalue weighted by atomic mass is 16.5. The van der Waals surface area contributed by atoms with E-state index in [0.29, 0.717) is 37.3 Å². The van der Waals surface area contributed by atoms with Crippen LogP contribution in [0.1, 0.15) is 49.8 Å². The maximum atomic E-state index is 13.8. The first-order valence-corrected chi connectivity index (χ1v) is 13.8. The number of pyridine rings is 1. The van der Waals surface area contributed by atoms with Gasteiger partial charge in [-0.3, -0.25) is 9.89 Å². The molecule has 3 aliphatic rings. The fraction of sp³-hybridized carbons (Fsp3) is 0.464. The van der Waals surface area contributed by atoms with Crippen LogP contribution in [0.3, 0.4) is 0 Å². The minimum absolute atomic E-state index is 0.146. The van der Waals surface area contributed by atoms with Crippen molar-refractivity contribution in [2.45, 2.75) is 50.5 Å². The number of H-pyrrole nitrogens is 1. The number of hydrogen-bond acceptors (Lipinski definition) is 9. The number of aromatic amines is 1. The van der Waals surface area contributed by atoms with Gasteiger partial charge in [-0.1, -0.05) is 6.07 Å². The number of nitrogens with one attached hydrogen (secondary N) is 2. The number of morpholine rings is 1. The number of hydrogen-bond donors (Lipinski definition) is 2. The molecule has 0 aromatic carbocycles. The van der Waals surface area contributed by atoms with Gasteiger partial charge < -0.3 is 19.9 Å². The third-order valence-electron chi connectivity index (χ3n) is 8.23. The van der Waals surface area contributed by atoms with Crippen LogP contribution < -0.4 is 15.1 Å². The van der Waals surface area contributed by atoms with Crippen molar-refractivity contribution in [1.29, 1.82) is 0 Å². The first-order valence-electron chi connectivity index (χ1n) is 13.8. The summed E-state index contributed by atoms with van der Waals surface area (Å²) in [4.78, 5) is 27.6. The summed E-state index contributed by atoms with van der Waals surface area (Å²) in [6, 6.07) is 10.0. The Morgan fingerprint density at radius 3 is 2.87 bits per heavy atom. The molecule has 3 fully saturated rings. The number of carbonyl (C=O) groups excluding carboxylic acids is 1. The Morgan fingerprint density at radius 2 is 2.08 bits per heavy atom. The zero-order valence-corrected chi connectivity index (χ0v) is 22.1. The third kappa shape index (κ3) is 4.60. The number of ether oxygens (including phenoxy) is 1. The molecular formula is C28H33N9O2. The van der Waals surface area contributed by atoms with Gasteiger partial charge in [0.05, 0.1) is 18.8 Å². The highest BCUT2D eigenvalue weighted by Gasteiger charge is 2.44. The van der Waals surface area contributed by atoms with E-state index in [1.807, 2.05) is 48.1 Å². The average molecular weight is 528 g/mol. The Hall–Kier alpha value is -3.99. The van der Waals surface area contributed by atoms with Crippen LogP contribution in [0.5, 0.6) is 0 Å². The van der Waals surface area contributed by atoms with E-state index in [-0.39, 0.29) is 5.78 Å². The Labute approximate surface area is 226 Å². The second kappa shape index (κ2) is 9.64. The van der Waals surface area contributed by atoms with E-state index >= 15 is 0 Å². The molecule has 202 valence electrons. The summed E-state index contributed by atoms with van der Waals surface area (Å²) in [6.07, 6.45) is 8.12. The number of ketones is 1. The van der Waals surface area contributed by atoms with Crippen LogP contribution in [-0.2, 0) is 16.0 Å². The summed E-state index contributed by atoms with van der Waals surface area (Å²) in [6.45, 7) is 5.84. The molecule has 11 heteroatoms. The van der Waals surface area contributed by atoms with Gasteiger partial charge in [0.15, 0.2) is 17.4 Å². The van der Waals surface area contributed by atoms with Crippen molar-refractivity contribution < 1.29 is 9.53 Å². The normalized spacial score (nSPS) is 21.6. The van der Waals surface area contributed by atoms with Crippen LogP contribution >= 0.6 is 0 Å². The lowest BCUT2D eigenvalue weighted by Gasteiger charge is -2.34. The zero-order valence-electron chi connectivity index (χ0n) is 22.1. The first-order chi connectivity index (χ1) is 19.1. The molecule has 1 aliphatic carbocycles. The summed E-state index contributed by atoms with van der Waals surface area (Å²) in [5.41, 5.74) is 2.22. The molecule has 0 unspecified atom stereocenters. The molecule has 6 heterocycles. The highest BCUT2D eigenvalue weighted by Crippen LogP contribution is 2.40. The Kier molecular flexibility index (Phi) is 5.95. The molecule has 39 heavy (non-hydrogen) atoms. The summed E-state index contributed by atoms with van der Waals surface area (Å²) < 4.78 is 7.26. The average Bonchev–Trinajstić information content (AvgIpc) is 3.31. The molecule has 0 bridgehead atoms. The summed E-state index contributed by atoms with van der Waals surface area (Å²) in [5.74, 6) is 3.60. The Bertz CT molecular complexity index is 1490. The maximum Gasteiger partial charge on any atom is 0.246 e. The summed E-state index contributed by atoms with van der Waals surface area (Å²) >= 11 is 0. The van der Waals surface area contributed by atoms with Crippen LogP contribution in [0.4, 0.5) is 23.4 Å². The van der Waals surface area contributed by atoms with Gasteiger partial charge in [0, 0.05) is 56.1 Å². The van der Waals surface area contributed by atoms with E-state index in [0.717, 1.165) is 60.9 Å². The number of carbonyl (C=O) groups is 1. The van der Waals surface area contributed by atoms with Crippen molar-refractivity contribution in [3.8, 4) is 0 Å². The fourth-order valence-corrected chi connectivity index (χ4v) is 5.71. The number of anilines is 4. The minimum atomic E-state index is -0.702. The molecule has 4 aromatic heterocycles. The summed E-state index contributed by atoms with van der Waals surface area (Å²) in [5, 5.41) is 15.8. The van der Waals surface area contributed by atoms with E-state index in [9.17, 15) is 4.79 Å². The van der Waals surface area contributed by atoms with Gasteiger partial charge in [-0.2, -0.15) is 10.1 Å². The lowest BCUT2D eigenvalue weighted by Crippen LogP contribution is -2.49. The van der Waals surface area contributed by atoms with E-state index in [1.165, 1.54) is 12.8 Å². The molecule has 0 spiro atoms. The van der Waals surface area contributed by atoms with Gasteiger partial charge in [-0.15, -0.1) is 5.10 Å². The van der Waals surface area contributed by atoms with Crippen molar-refractivity contribution in [3.63, 3.8) is 0 Å². The predicted molar refractivity (Wildman–Crippen MR) is 148 cm³/mol. The van der Waals surface area contributed by atoms with Crippen molar-refractivity contribution in [3.05, 3.63) is 54.0 Å². The zero-order chi connectivity index (χ0) is 26.4. The predicted octanol–water partition coefficient (Wildman–Crippen LogP) is 3.48. The van der Waals surface area contributed by atoms with Gasteiger partial charge in [-0.25, -0.2) is 9.50 Å². The van der Waals surface area contributed by atoms with E-state index in [2.05, 4.69) is 36.4 Å². The molecule has 1 atom stereocenters. The number of aromatic nitrogens is 6. The number of nitrogens with zero attached hydrogens (tertiary/aromatic N) is 7. The molecule has 0 radical (unpaired) electrons. The SMILES string of the molecule is C[C@@]1(C(=O)Cc2ccc(N3CCOCC3)nc2)CCCN1c1nc(Nc2cc(C3CC3)[nH]n2)c2cccn2n1. The second-order valence-electron chi connectivity index (χ2n) is 11.0.